The van der Waals surface area contributed by atoms with Crippen molar-refractivity contribution < 1.29 is 4.79 Å². The summed E-state index contributed by atoms with van der Waals surface area (Å²) >= 11 is 0. The molecule has 1 atom stereocenters. The Labute approximate surface area is 191 Å². The largest absolute Gasteiger partial charge is 0.337 e. The molecule has 32 heavy (non-hydrogen) atoms. The quantitative estimate of drug-likeness (QED) is 0.580. The van der Waals surface area contributed by atoms with Gasteiger partial charge in [0.05, 0.1) is 11.0 Å². The number of carbonyl (C=O) groups is 1. The Kier molecular flexibility index (Phi) is 6.01. The molecule has 2 aliphatic rings. The maximum Gasteiger partial charge on any atom is 0.253 e. The van der Waals surface area contributed by atoms with E-state index in [1.807, 2.05) is 37.1 Å². The number of hydrogen-bond acceptors (Lipinski definition) is 3. The maximum absolute atomic E-state index is 13.2. The molecule has 2 heterocycles. The third-order valence-corrected chi connectivity index (χ3v) is 7.54. The fourth-order valence-corrected chi connectivity index (χ4v) is 5.56. The van der Waals surface area contributed by atoms with Crippen LogP contribution >= 0.6 is 0 Å². The van der Waals surface area contributed by atoms with Gasteiger partial charge in [0.15, 0.2) is 0 Å². The third kappa shape index (κ3) is 4.18. The van der Waals surface area contributed by atoms with Gasteiger partial charge in [-0.1, -0.05) is 43.5 Å². The van der Waals surface area contributed by atoms with Gasteiger partial charge in [-0.3, -0.25) is 9.69 Å². The van der Waals surface area contributed by atoms with Gasteiger partial charge in [0.2, 0.25) is 0 Å². The number of amides is 1. The normalized spacial score (nSPS) is 20.1. The molecule has 1 saturated heterocycles. The highest BCUT2D eigenvalue weighted by Crippen LogP contribution is 2.27. The Morgan fingerprint density at radius 3 is 2.56 bits per heavy atom. The summed E-state index contributed by atoms with van der Waals surface area (Å²) in [6, 6.07) is 17.4. The number of imidazole rings is 1. The van der Waals surface area contributed by atoms with Crippen molar-refractivity contribution in [3.63, 3.8) is 0 Å². The van der Waals surface area contributed by atoms with Gasteiger partial charge in [0.1, 0.15) is 5.82 Å². The molecule has 0 N–H and O–H groups in total. The van der Waals surface area contributed by atoms with Crippen LogP contribution in [0.4, 0.5) is 0 Å². The van der Waals surface area contributed by atoms with Crippen LogP contribution in [0, 0.1) is 6.92 Å². The average molecular weight is 431 g/mol. The molecule has 0 radical (unpaired) electrons. The Hall–Kier alpha value is -2.66. The Balaban J connectivity index is 1.23. The number of hydrogen-bond donors (Lipinski definition) is 0. The van der Waals surface area contributed by atoms with E-state index in [1.54, 1.807) is 0 Å². The summed E-state index contributed by atoms with van der Waals surface area (Å²) in [4.78, 5) is 22.4. The lowest BCUT2D eigenvalue weighted by molar-refractivity contribution is 0.0726. The molecule has 2 fully saturated rings. The van der Waals surface area contributed by atoms with Gasteiger partial charge in [-0.25, -0.2) is 4.98 Å². The molecule has 5 heteroatoms. The van der Waals surface area contributed by atoms with Gasteiger partial charge in [0, 0.05) is 44.3 Å². The van der Waals surface area contributed by atoms with Crippen molar-refractivity contribution >= 4 is 16.9 Å². The zero-order valence-corrected chi connectivity index (χ0v) is 19.3. The van der Waals surface area contributed by atoms with E-state index >= 15 is 0 Å². The van der Waals surface area contributed by atoms with E-state index in [2.05, 4.69) is 44.8 Å². The van der Waals surface area contributed by atoms with Gasteiger partial charge in [-0.15, -0.1) is 0 Å². The van der Waals surface area contributed by atoms with E-state index in [0.29, 0.717) is 6.04 Å². The van der Waals surface area contributed by atoms with Crippen LogP contribution in [-0.4, -0.2) is 57.5 Å². The minimum atomic E-state index is 0.135. The number of nitrogens with zero attached hydrogens (tertiary/aromatic N) is 4. The topological polar surface area (TPSA) is 41.4 Å². The summed E-state index contributed by atoms with van der Waals surface area (Å²) in [6.07, 6.45) is 7.86. The fourth-order valence-electron chi connectivity index (χ4n) is 5.56. The van der Waals surface area contributed by atoms with Crippen molar-refractivity contribution in [2.75, 3.05) is 20.1 Å². The van der Waals surface area contributed by atoms with Crippen LogP contribution in [0.25, 0.3) is 11.0 Å². The summed E-state index contributed by atoms with van der Waals surface area (Å²) in [5.41, 5.74) is 4.13. The highest BCUT2D eigenvalue weighted by Gasteiger charge is 2.32. The minimum absolute atomic E-state index is 0.135. The van der Waals surface area contributed by atoms with Crippen molar-refractivity contribution in [3.8, 4) is 0 Å². The van der Waals surface area contributed by atoms with Gasteiger partial charge in [-0.05, 0) is 56.0 Å². The maximum atomic E-state index is 13.2. The molecule has 2 aromatic carbocycles. The zero-order valence-electron chi connectivity index (χ0n) is 19.3. The van der Waals surface area contributed by atoms with Crippen LogP contribution < -0.4 is 0 Å². The van der Waals surface area contributed by atoms with Crippen molar-refractivity contribution in [2.24, 2.45) is 0 Å². The molecule has 1 aliphatic heterocycles. The van der Waals surface area contributed by atoms with Crippen LogP contribution in [0.5, 0.6) is 0 Å². The first-order valence-corrected chi connectivity index (χ1v) is 12.1. The summed E-state index contributed by atoms with van der Waals surface area (Å²) in [5, 5.41) is 0. The summed E-state index contributed by atoms with van der Waals surface area (Å²) < 4.78 is 2.23. The van der Waals surface area contributed by atoms with Gasteiger partial charge >= 0.3 is 0 Å². The van der Waals surface area contributed by atoms with Crippen LogP contribution in [-0.2, 0) is 6.54 Å². The molecule has 1 amide bonds. The number of carbonyl (C=O) groups excluding carboxylic acids is 1. The number of para-hydroxylation sites is 2. The third-order valence-electron chi connectivity index (χ3n) is 7.54. The fraction of sp³-hybridized carbons (Fsp3) is 0.481. The zero-order chi connectivity index (χ0) is 22.1. The number of likely N-dealkylation sites (tertiary alicyclic amines) is 1. The molecule has 1 saturated carbocycles. The highest BCUT2D eigenvalue weighted by atomic mass is 16.2. The van der Waals surface area contributed by atoms with E-state index in [1.165, 1.54) is 37.7 Å². The first-order chi connectivity index (χ1) is 15.6. The molecule has 0 bridgehead atoms. The first kappa shape index (κ1) is 21.2. The summed E-state index contributed by atoms with van der Waals surface area (Å²) in [6.45, 7) is 4.96. The lowest BCUT2D eigenvalue weighted by Crippen LogP contribution is -2.41. The second-order valence-corrected chi connectivity index (χ2v) is 9.58. The van der Waals surface area contributed by atoms with E-state index in [9.17, 15) is 4.79 Å². The standard InChI is InChI=1S/C27H34N4O/c1-20-28-25-10-6-7-11-26(25)31(20)18-21-12-14-22(15-13-21)27(32)29(2)24-16-17-30(19-24)23-8-4-3-5-9-23/h6-7,10-15,23-24H,3-5,8-9,16-19H2,1-2H3/t24-/m1/s1. The van der Waals surface area contributed by atoms with Crippen LogP contribution in [0.15, 0.2) is 48.5 Å². The van der Waals surface area contributed by atoms with Crippen molar-refractivity contribution in [3.05, 3.63) is 65.5 Å². The van der Waals surface area contributed by atoms with Crippen LogP contribution in [0.1, 0.15) is 60.3 Å². The van der Waals surface area contributed by atoms with E-state index in [-0.39, 0.29) is 5.91 Å². The molecule has 5 nitrogen and oxygen atoms in total. The second-order valence-electron chi connectivity index (χ2n) is 9.58. The predicted octanol–water partition coefficient (Wildman–Crippen LogP) is 4.87. The minimum Gasteiger partial charge on any atom is -0.337 e. The molecule has 0 unspecified atom stereocenters. The van der Waals surface area contributed by atoms with Crippen LogP contribution in [0.2, 0.25) is 0 Å². The predicted molar refractivity (Wildman–Crippen MR) is 129 cm³/mol. The van der Waals surface area contributed by atoms with Gasteiger partial charge < -0.3 is 9.47 Å². The van der Waals surface area contributed by atoms with Crippen molar-refractivity contribution in [1.29, 1.82) is 0 Å². The number of likely N-dealkylation sites (N-methyl/N-ethyl adjacent to an activating group) is 1. The molecule has 5 rings (SSSR count). The number of benzene rings is 2. The van der Waals surface area contributed by atoms with Gasteiger partial charge in [-0.2, -0.15) is 0 Å². The molecule has 1 aromatic heterocycles. The SMILES string of the molecule is Cc1nc2ccccc2n1Cc1ccc(C(=O)N(C)[C@@H]2CCN(C3CCCCC3)C2)cc1. The summed E-state index contributed by atoms with van der Waals surface area (Å²) in [5.74, 6) is 1.14. The number of fused-ring (bicyclic) bond motifs is 1. The van der Waals surface area contributed by atoms with Gasteiger partial charge in [0.25, 0.3) is 5.91 Å². The Morgan fingerprint density at radius 1 is 1.03 bits per heavy atom. The lowest BCUT2D eigenvalue weighted by Gasteiger charge is -2.32. The molecule has 1 aliphatic carbocycles. The van der Waals surface area contributed by atoms with Crippen molar-refractivity contribution in [2.45, 2.75) is 64.1 Å². The molecule has 168 valence electrons. The molecular formula is C27H34N4O. The van der Waals surface area contributed by atoms with E-state index in [0.717, 1.165) is 54.5 Å². The molecule has 0 spiro atoms. The number of aromatic nitrogens is 2. The first-order valence-electron chi connectivity index (χ1n) is 12.1. The Bertz CT molecular complexity index is 1080. The van der Waals surface area contributed by atoms with Crippen molar-refractivity contribution in [1.82, 2.24) is 19.4 Å². The van der Waals surface area contributed by atoms with Crippen LogP contribution in [0.3, 0.4) is 0 Å². The Morgan fingerprint density at radius 2 is 1.78 bits per heavy atom. The second kappa shape index (κ2) is 9.07. The highest BCUT2D eigenvalue weighted by molar-refractivity contribution is 5.94. The van der Waals surface area contributed by atoms with E-state index < -0.39 is 0 Å². The monoisotopic (exact) mass is 430 g/mol. The number of rotatable bonds is 5. The summed E-state index contributed by atoms with van der Waals surface area (Å²) in [7, 11) is 1.98. The molecular weight excluding hydrogens is 396 g/mol. The smallest absolute Gasteiger partial charge is 0.253 e. The lowest BCUT2D eigenvalue weighted by atomic mass is 9.94. The van der Waals surface area contributed by atoms with E-state index in [4.69, 9.17) is 0 Å². The average Bonchev–Trinajstić information content (AvgIpc) is 3.44. The number of aryl methyl sites for hydroxylation is 1. The molecule has 3 aromatic rings.